The lowest BCUT2D eigenvalue weighted by atomic mass is 9.83. The minimum Gasteiger partial charge on any atom is -0.299 e. The molecule has 1 unspecified atom stereocenters. The molecule has 0 spiro atoms. The predicted octanol–water partition coefficient (Wildman–Crippen LogP) is 3.55. The molecule has 0 bridgehead atoms. The third kappa shape index (κ3) is 2.88. The van der Waals surface area contributed by atoms with E-state index < -0.39 is 4.92 Å². The van der Waals surface area contributed by atoms with E-state index in [4.69, 9.17) is 11.6 Å². The summed E-state index contributed by atoms with van der Waals surface area (Å²) in [6.07, 6.45) is 3.85. The number of benzene rings is 1. The van der Waals surface area contributed by atoms with Gasteiger partial charge in [-0.1, -0.05) is 24.1 Å². The average molecular weight is 268 g/mol. The van der Waals surface area contributed by atoms with Gasteiger partial charge < -0.3 is 0 Å². The molecule has 2 rings (SSSR count). The van der Waals surface area contributed by atoms with Crippen molar-refractivity contribution in [1.82, 2.24) is 0 Å². The number of carbonyl (C=O) groups excluding carboxylic acids is 1. The molecule has 0 heterocycles. The van der Waals surface area contributed by atoms with Gasteiger partial charge >= 0.3 is 0 Å². The summed E-state index contributed by atoms with van der Waals surface area (Å²) < 4.78 is 0. The summed E-state index contributed by atoms with van der Waals surface area (Å²) in [5, 5.41) is 11.3. The Morgan fingerprint density at radius 1 is 1.39 bits per heavy atom. The molecule has 0 aliphatic heterocycles. The molecule has 0 radical (unpaired) electrons. The van der Waals surface area contributed by atoms with Crippen molar-refractivity contribution < 1.29 is 9.72 Å². The second-order valence-corrected chi connectivity index (χ2v) is 5.08. The number of rotatable bonds is 3. The molecule has 0 aromatic heterocycles. The fourth-order valence-corrected chi connectivity index (χ4v) is 2.58. The summed E-state index contributed by atoms with van der Waals surface area (Å²) in [4.78, 5) is 22.3. The Hall–Kier alpha value is -1.42. The first kappa shape index (κ1) is 13.0. The summed E-state index contributed by atoms with van der Waals surface area (Å²) in [7, 11) is 0. The van der Waals surface area contributed by atoms with Crippen molar-refractivity contribution in [3.63, 3.8) is 0 Å². The van der Waals surface area contributed by atoms with Gasteiger partial charge in [0.05, 0.1) is 4.92 Å². The Morgan fingerprint density at radius 2 is 2.17 bits per heavy atom. The molecule has 1 aromatic rings. The Bertz CT molecular complexity index is 487. The Morgan fingerprint density at radius 3 is 2.83 bits per heavy atom. The maximum absolute atomic E-state index is 11.8. The number of ketones is 1. The van der Waals surface area contributed by atoms with Gasteiger partial charge in [-0.25, -0.2) is 0 Å². The molecule has 5 heteroatoms. The number of Topliss-reactive ketones (excluding diaryl/α,β-unsaturated/α-hetero) is 1. The van der Waals surface area contributed by atoms with Crippen LogP contribution in [0.3, 0.4) is 0 Å². The molecule has 1 fully saturated rings. The Kier molecular flexibility index (Phi) is 3.97. The smallest absolute Gasteiger partial charge is 0.274 e. The molecular weight excluding hydrogens is 254 g/mol. The quantitative estimate of drug-likeness (QED) is 0.621. The summed E-state index contributed by atoms with van der Waals surface area (Å²) in [6, 6.07) is 4.64. The molecular formula is C13H14ClNO3. The van der Waals surface area contributed by atoms with E-state index in [1.807, 2.05) is 0 Å². The van der Waals surface area contributed by atoms with Crippen LogP contribution in [0.4, 0.5) is 5.69 Å². The number of carbonyl (C=O) groups is 1. The van der Waals surface area contributed by atoms with Gasteiger partial charge in [0.1, 0.15) is 5.78 Å². The van der Waals surface area contributed by atoms with Crippen molar-refractivity contribution in [3.8, 4) is 0 Å². The van der Waals surface area contributed by atoms with Gasteiger partial charge in [-0.2, -0.15) is 0 Å². The van der Waals surface area contributed by atoms with Crippen LogP contribution in [-0.2, 0) is 11.2 Å². The number of hydrogen-bond acceptors (Lipinski definition) is 3. The Labute approximate surface area is 110 Å². The van der Waals surface area contributed by atoms with E-state index in [1.54, 1.807) is 12.1 Å². The van der Waals surface area contributed by atoms with E-state index in [0.717, 1.165) is 19.3 Å². The molecule has 0 N–H and O–H groups in total. The van der Waals surface area contributed by atoms with E-state index in [-0.39, 0.29) is 17.4 Å². The van der Waals surface area contributed by atoms with Crippen LogP contribution in [-0.4, -0.2) is 10.7 Å². The van der Waals surface area contributed by atoms with Crippen LogP contribution >= 0.6 is 11.6 Å². The molecule has 18 heavy (non-hydrogen) atoms. The fraction of sp³-hybridized carbons (Fsp3) is 0.462. The lowest BCUT2D eigenvalue weighted by Gasteiger charge is -2.20. The first-order chi connectivity index (χ1) is 8.58. The summed E-state index contributed by atoms with van der Waals surface area (Å²) in [6.45, 7) is 0. The molecule has 1 aromatic carbocycles. The first-order valence-corrected chi connectivity index (χ1v) is 6.41. The van der Waals surface area contributed by atoms with E-state index in [2.05, 4.69) is 0 Å². The molecule has 1 aliphatic rings. The standard InChI is InChI=1S/C13H14ClNO3/c14-11-6-5-9(12(8-11)15(17)18)7-10-3-1-2-4-13(10)16/h5-6,8,10H,1-4,7H2. The second kappa shape index (κ2) is 5.48. The number of halogens is 1. The number of nitrogens with zero attached hydrogens (tertiary/aromatic N) is 1. The van der Waals surface area contributed by atoms with Crippen molar-refractivity contribution in [3.05, 3.63) is 38.9 Å². The van der Waals surface area contributed by atoms with E-state index >= 15 is 0 Å². The first-order valence-electron chi connectivity index (χ1n) is 6.03. The Balaban J connectivity index is 2.22. The van der Waals surface area contributed by atoms with Crippen molar-refractivity contribution in [2.24, 2.45) is 5.92 Å². The van der Waals surface area contributed by atoms with Gasteiger partial charge in [-0.3, -0.25) is 14.9 Å². The third-order valence-corrected chi connectivity index (χ3v) is 3.63. The maximum atomic E-state index is 11.8. The highest BCUT2D eigenvalue weighted by atomic mass is 35.5. The zero-order valence-corrected chi connectivity index (χ0v) is 10.7. The summed E-state index contributed by atoms with van der Waals surface area (Å²) in [5.41, 5.74) is 0.616. The highest BCUT2D eigenvalue weighted by Crippen LogP contribution is 2.29. The molecule has 96 valence electrons. The normalized spacial score (nSPS) is 19.8. The van der Waals surface area contributed by atoms with Gasteiger partial charge in [0.25, 0.3) is 5.69 Å². The van der Waals surface area contributed by atoms with Crippen LogP contribution in [0.25, 0.3) is 0 Å². The summed E-state index contributed by atoms with van der Waals surface area (Å²) in [5.74, 6) is 0.157. The maximum Gasteiger partial charge on any atom is 0.274 e. The van der Waals surface area contributed by atoms with Crippen LogP contribution in [0.2, 0.25) is 5.02 Å². The second-order valence-electron chi connectivity index (χ2n) is 4.64. The van der Waals surface area contributed by atoms with Crippen LogP contribution in [0.5, 0.6) is 0 Å². The van der Waals surface area contributed by atoms with Crippen LogP contribution in [0, 0.1) is 16.0 Å². The van der Waals surface area contributed by atoms with Crippen LogP contribution < -0.4 is 0 Å². The average Bonchev–Trinajstić information content (AvgIpc) is 2.34. The lowest BCUT2D eigenvalue weighted by molar-refractivity contribution is -0.385. The highest BCUT2D eigenvalue weighted by Gasteiger charge is 2.25. The number of nitro benzene ring substituents is 1. The highest BCUT2D eigenvalue weighted by molar-refractivity contribution is 6.30. The minimum absolute atomic E-state index is 0.0147. The van der Waals surface area contributed by atoms with Gasteiger partial charge in [-0.15, -0.1) is 0 Å². The van der Waals surface area contributed by atoms with E-state index in [9.17, 15) is 14.9 Å². The monoisotopic (exact) mass is 267 g/mol. The third-order valence-electron chi connectivity index (χ3n) is 3.39. The van der Waals surface area contributed by atoms with Crippen LogP contribution in [0.15, 0.2) is 18.2 Å². The van der Waals surface area contributed by atoms with Crippen molar-refractivity contribution >= 4 is 23.1 Å². The van der Waals surface area contributed by atoms with E-state index in [1.165, 1.54) is 6.07 Å². The number of nitro groups is 1. The molecule has 0 saturated heterocycles. The zero-order valence-electron chi connectivity index (χ0n) is 9.89. The largest absolute Gasteiger partial charge is 0.299 e. The lowest BCUT2D eigenvalue weighted by Crippen LogP contribution is -2.21. The van der Waals surface area contributed by atoms with Gasteiger partial charge in [0.15, 0.2) is 0 Å². The molecule has 0 amide bonds. The van der Waals surface area contributed by atoms with E-state index in [0.29, 0.717) is 23.4 Å². The van der Waals surface area contributed by atoms with Gasteiger partial charge in [-0.05, 0) is 25.3 Å². The van der Waals surface area contributed by atoms with Crippen LogP contribution in [0.1, 0.15) is 31.2 Å². The predicted molar refractivity (Wildman–Crippen MR) is 68.8 cm³/mol. The van der Waals surface area contributed by atoms with Gasteiger partial charge in [0.2, 0.25) is 0 Å². The number of hydrogen-bond donors (Lipinski definition) is 0. The minimum atomic E-state index is -0.436. The fourth-order valence-electron chi connectivity index (χ4n) is 2.42. The SMILES string of the molecule is O=C1CCCCC1Cc1ccc(Cl)cc1[N+](=O)[O-]. The zero-order chi connectivity index (χ0) is 13.1. The summed E-state index contributed by atoms with van der Waals surface area (Å²) >= 11 is 5.76. The molecule has 1 aliphatic carbocycles. The molecule has 1 saturated carbocycles. The topological polar surface area (TPSA) is 60.2 Å². The van der Waals surface area contributed by atoms with Crippen molar-refractivity contribution in [2.45, 2.75) is 32.1 Å². The van der Waals surface area contributed by atoms with Crippen molar-refractivity contribution in [1.29, 1.82) is 0 Å². The molecule has 4 nitrogen and oxygen atoms in total. The molecule has 1 atom stereocenters. The van der Waals surface area contributed by atoms with Gasteiger partial charge in [0, 0.05) is 29.0 Å². The van der Waals surface area contributed by atoms with Crippen molar-refractivity contribution in [2.75, 3.05) is 0 Å².